The number of hydrogen-bond acceptors (Lipinski definition) is 6. The number of nitrogens with one attached hydrogen (secondary N) is 3. The number of fused-ring (bicyclic) bond motifs is 1. The summed E-state index contributed by atoms with van der Waals surface area (Å²) in [4.78, 5) is 50.1. The molecule has 0 spiro atoms. The Morgan fingerprint density at radius 1 is 0.900 bits per heavy atom. The van der Waals surface area contributed by atoms with E-state index in [-0.39, 0.29) is 18.7 Å². The third kappa shape index (κ3) is 4.23. The van der Waals surface area contributed by atoms with Crippen molar-refractivity contribution < 1.29 is 19.2 Å². The number of benzene rings is 1. The van der Waals surface area contributed by atoms with Gasteiger partial charge in [-0.25, -0.2) is 0 Å². The highest BCUT2D eigenvalue weighted by Crippen LogP contribution is 2.29. The van der Waals surface area contributed by atoms with Crippen LogP contribution in [-0.2, 0) is 9.59 Å². The van der Waals surface area contributed by atoms with E-state index in [1.165, 1.54) is 38.5 Å². The zero-order valence-electron chi connectivity index (χ0n) is 17.0. The van der Waals surface area contributed by atoms with Gasteiger partial charge in [-0.1, -0.05) is 25.7 Å². The number of imide groups is 2. The van der Waals surface area contributed by atoms with Gasteiger partial charge in [0.25, 0.3) is 11.8 Å². The first-order valence-electron chi connectivity index (χ1n) is 10.9. The fraction of sp³-hybridized carbons (Fsp3) is 0.545. The third-order valence-electron chi connectivity index (χ3n) is 6.18. The van der Waals surface area contributed by atoms with Crippen molar-refractivity contribution in [3.05, 3.63) is 29.3 Å². The summed E-state index contributed by atoms with van der Waals surface area (Å²) in [6.07, 6.45) is 7.96. The molecule has 0 radical (unpaired) electrons. The zero-order chi connectivity index (χ0) is 21.1. The fourth-order valence-corrected chi connectivity index (χ4v) is 4.55. The van der Waals surface area contributed by atoms with E-state index in [0.717, 1.165) is 17.1 Å². The lowest BCUT2D eigenvalue weighted by Crippen LogP contribution is -2.54. The van der Waals surface area contributed by atoms with Crippen molar-refractivity contribution in [3.8, 4) is 0 Å². The van der Waals surface area contributed by atoms with E-state index in [0.29, 0.717) is 23.7 Å². The Kier molecular flexibility index (Phi) is 6.13. The molecule has 1 saturated heterocycles. The van der Waals surface area contributed by atoms with E-state index in [9.17, 15) is 19.2 Å². The van der Waals surface area contributed by atoms with E-state index >= 15 is 0 Å². The molecule has 2 fully saturated rings. The van der Waals surface area contributed by atoms with Gasteiger partial charge >= 0.3 is 0 Å². The first kappa shape index (κ1) is 20.5. The number of nitrogens with zero attached hydrogens (tertiary/aromatic N) is 1. The highest BCUT2D eigenvalue weighted by atomic mass is 16.2. The lowest BCUT2D eigenvalue weighted by molar-refractivity contribution is -0.136. The molecule has 1 aromatic rings. The van der Waals surface area contributed by atoms with Gasteiger partial charge in [-0.05, 0) is 37.5 Å². The second-order valence-corrected chi connectivity index (χ2v) is 8.28. The molecule has 0 aromatic heterocycles. The number of carbonyl (C=O) groups is 4. The predicted molar refractivity (Wildman–Crippen MR) is 111 cm³/mol. The third-order valence-corrected chi connectivity index (χ3v) is 6.18. The van der Waals surface area contributed by atoms with Crippen LogP contribution in [0.15, 0.2) is 18.2 Å². The standard InChI is InChI=1S/C22H28N4O4/c27-19-10-9-18(20(28)25-19)26-21(29)16-8-7-15(13-17(16)22(26)30)24-12-11-23-14-5-3-1-2-4-6-14/h7-8,13-14,18,23-24H,1-6,9-12H2,(H,25,27,28). The fourth-order valence-electron chi connectivity index (χ4n) is 4.55. The van der Waals surface area contributed by atoms with Crippen LogP contribution in [0, 0.1) is 0 Å². The second-order valence-electron chi connectivity index (χ2n) is 8.28. The first-order chi connectivity index (χ1) is 14.5. The molecule has 3 N–H and O–H groups in total. The van der Waals surface area contributed by atoms with E-state index < -0.39 is 23.8 Å². The molecular formula is C22H28N4O4. The summed E-state index contributed by atoms with van der Waals surface area (Å²) >= 11 is 0. The zero-order valence-corrected chi connectivity index (χ0v) is 17.0. The molecule has 1 aliphatic carbocycles. The quantitative estimate of drug-likeness (QED) is 0.374. The number of carbonyl (C=O) groups excluding carboxylic acids is 4. The van der Waals surface area contributed by atoms with Gasteiger partial charge in [0.05, 0.1) is 11.1 Å². The van der Waals surface area contributed by atoms with E-state index in [1.807, 2.05) is 0 Å². The predicted octanol–water partition coefficient (Wildman–Crippen LogP) is 1.81. The van der Waals surface area contributed by atoms with Crippen molar-refractivity contribution in [2.75, 3.05) is 18.4 Å². The molecule has 160 valence electrons. The van der Waals surface area contributed by atoms with Crippen LogP contribution in [0.5, 0.6) is 0 Å². The summed E-state index contributed by atoms with van der Waals surface area (Å²) < 4.78 is 0. The Morgan fingerprint density at radius 3 is 2.37 bits per heavy atom. The van der Waals surface area contributed by atoms with Crippen molar-refractivity contribution in [3.63, 3.8) is 0 Å². The number of anilines is 1. The molecule has 1 saturated carbocycles. The summed E-state index contributed by atoms with van der Waals surface area (Å²) in [5, 5.41) is 9.11. The highest BCUT2D eigenvalue weighted by molar-refractivity contribution is 6.23. The largest absolute Gasteiger partial charge is 0.384 e. The Labute approximate surface area is 175 Å². The van der Waals surface area contributed by atoms with Gasteiger partial charge in [0.15, 0.2) is 0 Å². The number of amides is 4. The van der Waals surface area contributed by atoms with Crippen LogP contribution in [0.2, 0.25) is 0 Å². The maximum atomic E-state index is 12.9. The van der Waals surface area contributed by atoms with Crippen LogP contribution in [0.25, 0.3) is 0 Å². The Morgan fingerprint density at radius 2 is 1.63 bits per heavy atom. The Hall–Kier alpha value is -2.74. The molecule has 0 bridgehead atoms. The SMILES string of the molecule is O=C1CCC(N2C(=O)c3ccc(NCCNC4CCCCCC4)cc3C2=O)C(=O)N1. The monoisotopic (exact) mass is 412 g/mol. The van der Waals surface area contributed by atoms with E-state index in [2.05, 4.69) is 16.0 Å². The van der Waals surface area contributed by atoms with Crippen LogP contribution in [0.4, 0.5) is 5.69 Å². The van der Waals surface area contributed by atoms with Crippen molar-refractivity contribution in [2.45, 2.75) is 63.5 Å². The topological polar surface area (TPSA) is 108 Å². The number of rotatable bonds is 6. The maximum absolute atomic E-state index is 12.9. The minimum Gasteiger partial charge on any atom is -0.384 e. The summed E-state index contributed by atoms with van der Waals surface area (Å²) in [6.45, 7) is 1.55. The lowest BCUT2D eigenvalue weighted by Gasteiger charge is -2.27. The minimum absolute atomic E-state index is 0.116. The number of hydrogen-bond donors (Lipinski definition) is 3. The molecule has 8 nitrogen and oxygen atoms in total. The van der Waals surface area contributed by atoms with Crippen LogP contribution in [0.3, 0.4) is 0 Å². The van der Waals surface area contributed by atoms with Crippen molar-refractivity contribution in [1.29, 1.82) is 0 Å². The van der Waals surface area contributed by atoms with Gasteiger partial charge in [0, 0.05) is 31.2 Å². The highest BCUT2D eigenvalue weighted by Gasteiger charge is 2.44. The van der Waals surface area contributed by atoms with Gasteiger partial charge in [-0.2, -0.15) is 0 Å². The van der Waals surface area contributed by atoms with Crippen molar-refractivity contribution in [1.82, 2.24) is 15.5 Å². The average Bonchev–Trinajstić information content (AvgIpc) is 2.90. The molecule has 8 heteroatoms. The van der Waals surface area contributed by atoms with Crippen LogP contribution in [-0.4, -0.2) is 53.7 Å². The van der Waals surface area contributed by atoms with Crippen molar-refractivity contribution in [2.24, 2.45) is 0 Å². The Balaban J connectivity index is 1.36. The van der Waals surface area contributed by atoms with Crippen LogP contribution >= 0.6 is 0 Å². The van der Waals surface area contributed by atoms with Gasteiger partial charge in [-0.3, -0.25) is 29.4 Å². The molecule has 3 aliphatic rings. The van der Waals surface area contributed by atoms with Crippen LogP contribution < -0.4 is 16.0 Å². The normalized spacial score (nSPS) is 22.7. The van der Waals surface area contributed by atoms with Gasteiger partial charge < -0.3 is 10.6 Å². The van der Waals surface area contributed by atoms with Crippen molar-refractivity contribution >= 4 is 29.3 Å². The second kappa shape index (κ2) is 8.95. The summed E-state index contributed by atoms with van der Waals surface area (Å²) in [6, 6.07) is 4.73. The molecule has 30 heavy (non-hydrogen) atoms. The molecule has 1 atom stereocenters. The Bertz CT molecular complexity index is 861. The molecule has 4 rings (SSSR count). The first-order valence-corrected chi connectivity index (χ1v) is 10.9. The summed E-state index contributed by atoms with van der Waals surface area (Å²) in [5.41, 5.74) is 1.36. The van der Waals surface area contributed by atoms with Gasteiger partial charge in [0.1, 0.15) is 6.04 Å². The molecule has 2 aliphatic heterocycles. The molecule has 2 heterocycles. The lowest BCUT2D eigenvalue weighted by atomic mass is 10.0. The van der Waals surface area contributed by atoms with Gasteiger partial charge in [-0.15, -0.1) is 0 Å². The summed E-state index contributed by atoms with van der Waals surface area (Å²) in [5.74, 6) is -1.93. The number of piperidine rings is 1. The summed E-state index contributed by atoms with van der Waals surface area (Å²) in [7, 11) is 0. The maximum Gasteiger partial charge on any atom is 0.262 e. The molecule has 4 amide bonds. The molecule has 1 aromatic carbocycles. The smallest absolute Gasteiger partial charge is 0.262 e. The van der Waals surface area contributed by atoms with E-state index in [4.69, 9.17) is 0 Å². The molecule has 1 unspecified atom stereocenters. The molecular weight excluding hydrogens is 384 g/mol. The van der Waals surface area contributed by atoms with Gasteiger partial charge in [0.2, 0.25) is 11.8 Å². The van der Waals surface area contributed by atoms with Crippen LogP contribution in [0.1, 0.15) is 72.1 Å². The minimum atomic E-state index is -0.935. The average molecular weight is 412 g/mol. The van der Waals surface area contributed by atoms with E-state index in [1.54, 1.807) is 18.2 Å².